The molecule has 0 aliphatic rings. The van der Waals surface area contributed by atoms with Gasteiger partial charge in [-0.1, -0.05) is 29.3 Å². The van der Waals surface area contributed by atoms with Gasteiger partial charge in [-0.25, -0.2) is 4.68 Å². The molecule has 0 spiro atoms. The number of nitrogens with zero attached hydrogens (tertiary/aromatic N) is 3. The minimum Gasteiger partial charge on any atom is -0.480 e. The van der Waals surface area contributed by atoms with E-state index in [4.69, 9.17) is 27.9 Å². The van der Waals surface area contributed by atoms with E-state index < -0.39 is 0 Å². The summed E-state index contributed by atoms with van der Waals surface area (Å²) >= 11 is 13.1. The van der Waals surface area contributed by atoms with Crippen LogP contribution in [0.25, 0.3) is 11.3 Å². The molecular weight excluding hydrogens is 383 g/mol. The van der Waals surface area contributed by atoms with Crippen molar-refractivity contribution in [1.29, 1.82) is 0 Å². The van der Waals surface area contributed by atoms with Gasteiger partial charge < -0.3 is 10.1 Å². The molecule has 130 valence electrons. The lowest BCUT2D eigenvalue weighted by Gasteiger charge is -2.05. The van der Waals surface area contributed by atoms with Crippen LogP contribution >= 0.6 is 34.7 Å². The van der Waals surface area contributed by atoms with Gasteiger partial charge in [0.05, 0.1) is 28.5 Å². The van der Waals surface area contributed by atoms with Crippen molar-refractivity contribution in [3.63, 3.8) is 0 Å². The Kier molecular flexibility index (Phi) is 4.99. The Labute approximate surface area is 158 Å². The molecule has 2 heterocycles. The van der Waals surface area contributed by atoms with Gasteiger partial charge in [-0.3, -0.25) is 4.79 Å². The van der Waals surface area contributed by atoms with E-state index >= 15 is 0 Å². The number of aromatic nitrogens is 3. The third-order valence-corrected chi connectivity index (χ3v) is 5.08. The second-order valence-electron chi connectivity index (χ2n) is 5.25. The molecule has 0 fully saturated rings. The molecule has 0 bridgehead atoms. The monoisotopic (exact) mass is 396 g/mol. The fourth-order valence-electron chi connectivity index (χ4n) is 2.36. The highest BCUT2D eigenvalue weighted by molar-refractivity contribution is 7.08. The molecule has 25 heavy (non-hydrogen) atoms. The molecular formula is C16H14Cl2N4O2S. The van der Waals surface area contributed by atoms with Crippen LogP contribution in [0.4, 0.5) is 5.69 Å². The summed E-state index contributed by atoms with van der Waals surface area (Å²) in [5.74, 6) is 0.207. The third kappa shape index (κ3) is 3.49. The predicted molar refractivity (Wildman–Crippen MR) is 100 cm³/mol. The van der Waals surface area contributed by atoms with Crippen LogP contribution in [0.3, 0.4) is 0 Å². The van der Waals surface area contributed by atoms with E-state index in [0.717, 1.165) is 17.1 Å². The number of aryl methyl sites for hydroxylation is 2. The van der Waals surface area contributed by atoms with Crippen molar-refractivity contribution in [3.8, 4) is 17.1 Å². The lowest BCUT2D eigenvalue weighted by atomic mass is 10.1. The Bertz CT molecular complexity index is 952. The standard InChI is InChI=1S/C16H14Cl2N4O2S/c1-8-14(16(24-3)22(2)20-8)19-15(23)13-7-12(21-25-13)9-4-5-10(17)11(18)6-9/h4-7H,1-3H3,(H,19,23). The molecule has 1 aromatic carbocycles. The van der Waals surface area contributed by atoms with Gasteiger partial charge in [0, 0.05) is 12.6 Å². The van der Waals surface area contributed by atoms with Crippen LogP contribution in [0.15, 0.2) is 24.3 Å². The smallest absolute Gasteiger partial charge is 0.267 e. The van der Waals surface area contributed by atoms with Crippen molar-refractivity contribution in [3.05, 3.63) is 44.9 Å². The first-order valence-electron chi connectivity index (χ1n) is 7.21. The van der Waals surface area contributed by atoms with Crippen molar-refractivity contribution in [2.75, 3.05) is 12.4 Å². The summed E-state index contributed by atoms with van der Waals surface area (Å²) in [5, 5.41) is 7.97. The molecule has 3 aromatic rings. The highest BCUT2D eigenvalue weighted by atomic mass is 35.5. The average molecular weight is 397 g/mol. The Morgan fingerprint density at radius 3 is 2.72 bits per heavy atom. The normalized spacial score (nSPS) is 10.8. The van der Waals surface area contributed by atoms with E-state index in [-0.39, 0.29) is 5.91 Å². The SMILES string of the molecule is COc1c(NC(=O)c2cc(-c3ccc(Cl)c(Cl)c3)ns2)c(C)nn1C. The minimum absolute atomic E-state index is 0.279. The number of anilines is 1. The lowest BCUT2D eigenvalue weighted by molar-refractivity contribution is 0.103. The van der Waals surface area contributed by atoms with Crippen molar-refractivity contribution < 1.29 is 9.53 Å². The molecule has 1 N–H and O–H groups in total. The van der Waals surface area contributed by atoms with E-state index in [1.54, 1.807) is 42.9 Å². The topological polar surface area (TPSA) is 69.0 Å². The van der Waals surface area contributed by atoms with Crippen LogP contribution in [-0.4, -0.2) is 27.2 Å². The van der Waals surface area contributed by atoms with E-state index in [9.17, 15) is 4.79 Å². The van der Waals surface area contributed by atoms with Gasteiger partial charge in [0.1, 0.15) is 10.6 Å². The molecule has 0 aliphatic heterocycles. The highest BCUT2D eigenvalue weighted by Gasteiger charge is 2.19. The second-order valence-corrected chi connectivity index (χ2v) is 6.87. The maximum atomic E-state index is 12.5. The molecule has 6 nitrogen and oxygen atoms in total. The van der Waals surface area contributed by atoms with Crippen LogP contribution in [0.1, 0.15) is 15.4 Å². The number of methoxy groups -OCH3 is 1. The molecule has 0 saturated carbocycles. The highest BCUT2D eigenvalue weighted by Crippen LogP contribution is 2.31. The Morgan fingerprint density at radius 2 is 2.04 bits per heavy atom. The molecule has 1 amide bonds. The number of ether oxygens (including phenoxy) is 1. The summed E-state index contributed by atoms with van der Waals surface area (Å²) in [6, 6.07) is 6.92. The summed E-state index contributed by atoms with van der Waals surface area (Å²) in [6.07, 6.45) is 0. The number of hydrogen-bond donors (Lipinski definition) is 1. The molecule has 0 atom stereocenters. The van der Waals surface area contributed by atoms with Crippen LogP contribution in [0, 0.1) is 6.92 Å². The Balaban J connectivity index is 1.85. The number of hydrogen-bond acceptors (Lipinski definition) is 5. The van der Waals surface area contributed by atoms with Gasteiger partial charge in [-0.15, -0.1) is 0 Å². The van der Waals surface area contributed by atoms with Gasteiger partial charge >= 0.3 is 0 Å². The molecule has 0 aliphatic carbocycles. The molecule has 9 heteroatoms. The van der Waals surface area contributed by atoms with E-state index in [1.165, 1.54) is 7.11 Å². The number of halogens is 2. The zero-order valence-corrected chi connectivity index (χ0v) is 16.0. The maximum Gasteiger partial charge on any atom is 0.267 e. The number of rotatable bonds is 4. The third-order valence-electron chi connectivity index (χ3n) is 3.55. The lowest BCUT2D eigenvalue weighted by Crippen LogP contribution is -2.11. The quantitative estimate of drug-likeness (QED) is 0.708. The number of nitrogens with one attached hydrogen (secondary N) is 1. The fraction of sp³-hybridized carbons (Fsp3) is 0.188. The average Bonchev–Trinajstić information content (AvgIpc) is 3.16. The van der Waals surface area contributed by atoms with Crippen LogP contribution < -0.4 is 10.1 Å². The van der Waals surface area contributed by atoms with Crippen LogP contribution in [-0.2, 0) is 7.05 Å². The van der Waals surface area contributed by atoms with Crippen molar-refractivity contribution >= 4 is 46.3 Å². The fourth-order valence-corrected chi connectivity index (χ4v) is 3.32. The zero-order valence-electron chi connectivity index (χ0n) is 13.6. The largest absolute Gasteiger partial charge is 0.480 e. The van der Waals surface area contributed by atoms with Crippen molar-refractivity contribution in [2.24, 2.45) is 7.05 Å². The van der Waals surface area contributed by atoms with Crippen molar-refractivity contribution in [1.82, 2.24) is 14.2 Å². The van der Waals surface area contributed by atoms with Gasteiger partial charge in [-0.2, -0.15) is 9.47 Å². The predicted octanol–water partition coefficient (Wildman–Crippen LogP) is 4.42. The van der Waals surface area contributed by atoms with Gasteiger partial charge in [0.25, 0.3) is 5.91 Å². The summed E-state index contributed by atoms with van der Waals surface area (Å²) < 4.78 is 11.2. The van der Waals surface area contributed by atoms with Gasteiger partial charge in [-0.05, 0) is 36.7 Å². The summed E-state index contributed by atoms with van der Waals surface area (Å²) in [5.41, 5.74) is 2.66. The van der Waals surface area contributed by atoms with Crippen LogP contribution in [0.2, 0.25) is 10.0 Å². The first kappa shape index (κ1) is 17.7. The first-order chi connectivity index (χ1) is 11.9. The van der Waals surface area contributed by atoms with E-state index in [2.05, 4.69) is 14.8 Å². The molecule has 2 aromatic heterocycles. The van der Waals surface area contributed by atoms with Gasteiger partial charge in [0.15, 0.2) is 0 Å². The molecule has 0 saturated heterocycles. The molecule has 0 unspecified atom stereocenters. The summed E-state index contributed by atoms with van der Waals surface area (Å²) in [4.78, 5) is 13.0. The number of carbonyl (C=O) groups excluding carboxylic acids is 1. The summed E-state index contributed by atoms with van der Waals surface area (Å²) in [7, 11) is 3.28. The van der Waals surface area contributed by atoms with Gasteiger partial charge in [0.2, 0.25) is 5.88 Å². The first-order valence-corrected chi connectivity index (χ1v) is 8.74. The number of benzene rings is 1. The Hall–Kier alpha value is -2.09. The van der Waals surface area contributed by atoms with Crippen LogP contribution in [0.5, 0.6) is 5.88 Å². The number of amides is 1. The van der Waals surface area contributed by atoms with Crippen molar-refractivity contribution in [2.45, 2.75) is 6.92 Å². The maximum absolute atomic E-state index is 12.5. The Morgan fingerprint density at radius 1 is 1.28 bits per heavy atom. The molecule has 0 radical (unpaired) electrons. The molecule has 3 rings (SSSR count). The zero-order chi connectivity index (χ0) is 18.1. The van der Waals surface area contributed by atoms with E-state index in [1.807, 2.05) is 0 Å². The summed E-state index contributed by atoms with van der Waals surface area (Å²) in [6.45, 7) is 1.80. The minimum atomic E-state index is -0.279. The second kappa shape index (κ2) is 7.03. The number of carbonyl (C=O) groups is 1. The van der Waals surface area contributed by atoms with E-state index in [0.29, 0.717) is 37.9 Å².